The Morgan fingerprint density at radius 1 is 1.38 bits per heavy atom. The number of hydrogen-bond donors (Lipinski definition) is 1. The second-order valence-electron chi connectivity index (χ2n) is 2.46. The fraction of sp³-hybridized carbons (Fsp3) is 0.778. The lowest BCUT2D eigenvalue weighted by atomic mass is 10.5. The van der Waals surface area contributed by atoms with Crippen molar-refractivity contribution in [2.24, 2.45) is 0 Å². The van der Waals surface area contributed by atoms with Crippen LogP contribution in [0.1, 0.15) is 33.0 Å². The summed E-state index contributed by atoms with van der Waals surface area (Å²) in [6, 6.07) is 0. The van der Waals surface area contributed by atoms with Gasteiger partial charge in [0.05, 0.1) is 0 Å². The highest BCUT2D eigenvalue weighted by Gasteiger charge is 2.02. The first-order chi connectivity index (χ1) is 6.27. The lowest BCUT2D eigenvalue weighted by Gasteiger charge is -2.00. The average molecular weight is 184 g/mol. The molecule has 1 N–H and O–H groups in total. The molecule has 76 valence electrons. The van der Waals surface area contributed by atoms with E-state index in [1.54, 1.807) is 0 Å². The zero-order valence-corrected chi connectivity index (χ0v) is 9.26. The second-order valence-corrected chi connectivity index (χ2v) is 2.46. The van der Waals surface area contributed by atoms with Gasteiger partial charge in [0, 0.05) is 13.6 Å². The standard InChI is InChI=1S/C7H14N4.C2H6/c1-4-5-11-7(8-3)9-6(2)10-11;1-2/h4-5H2,1-3H3,(H,8,9,10);1-2H3. The van der Waals surface area contributed by atoms with Crippen LogP contribution in [-0.4, -0.2) is 21.8 Å². The number of aromatic nitrogens is 3. The SMILES string of the molecule is CC.CCCn1nc(C)nc1NC. The Kier molecular flexibility index (Phi) is 5.93. The van der Waals surface area contributed by atoms with Gasteiger partial charge < -0.3 is 5.32 Å². The van der Waals surface area contributed by atoms with E-state index in [2.05, 4.69) is 22.3 Å². The maximum Gasteiger partial charge on any atom is 0.221 e. The van der Waals surface area contributed by atoms with E-state index in [1.807, 2.05) is 32.5 Å². The second kappa shape index (κ2) is 6.46. The van der Waals surface area contributed by atoms with Gasteiger partial charge in [0.2, 0.25) is 5.95 Å². The van der Waals surface area contributed by atoms with Crippen molar-refractivity contribution < 1.29 is 0 Å². The lowest BCUT2D eigenvalue weighted by Crippen LogP contribution is -2.04. The first kappa shape index (κ1) is 11.9. The molecule has 0 amide bonds. The number of aryl methyl sites for hydroxylation is 2. The molecule has 0 aliphatic carbocycles. The molecule has 4 heteroatoms. The summed E-state index contributed by atoms with van der Waals surface area (Å²) in [6.45, 7) is 8.94. The van der Waals surface area contributed by atoms with E-state index in [9.17, 15) is 0 Å². The van der Waals surface area contributed by atoms with Crippen LogP contribution in [0.4, 0.5) is 5.95 Å². The van der Waals surface area contributed by atoms with Crippen molar-refractivity contribution in [2.75, 3.05) is 12.4 Å². The molecule has 0 aliphatic rings. The van der Waals surface area contributed by atoms with Gasteiger partial charge in [-0.15, -0.1) is 0 Å². The highest BCUT2D eigenvalue weighted by molar-refractivity contribution is 5.22. The smallest absolute Gasteiger partial charge is 0.221 e. The van der Waals surface area contributed by atoms with E-state index in [-0.39, 0.29) is 0 Å². The Labute approximate surface area is 80.4 Å². The third-order valence-corrected chi connectivity index (χ3v) is 1.44. The van der Waals surface area contributed by atoms with E-state index in [0.717, 1.165) is 24.7 Å². The molecule has 0 spiro atoms. The third-order valence-electron chi connectivity index (χ3n) is 1.44. The number of nitrogens with zero attached hydrogens (tertiary/aromatic N) is 3. The van der Waals surface area contributed by atoms with Crippen LogP contribution in [-0.2, 0) is 6.54 Å². The molecule has 0 radical (unpaired) electrons. The molecule has 0 atom stereocenters. The Morgan fingerprint density at radius 2 is 2.00 bits per heavy atom. The van der Waals surface area contributed by atoms with Crippen LogP contribution in [0.25, 0.3) is 0 Å². The lowest BCUT2D eigenvalue weighted by molar-refractivity contribution is 0.604. The molecule has 1 aromatic heterocycles. The van der Waals surface area contributed by atoms with Gasteiger partial charge in [-0.1, -0.05) is 20.8 Å². The van der Waals surface area contributed by atoms with Gasteiger partial charge in [-0.25, -0.2) is 4.68 Å². The van der Waals surface area contributed by atoms with Crippen LogP contribution in [0.5, 0.6) is 0 Å². The summed E-state index contributed by atoms with van der Waals surface area (Å²) in [5, 5.41) is 7.20. The van der Waals surface area contributed by atoms with Gasteiger partial charge in [-0.2, -0.15) is 10.1 Å². The summed E-state index contributed by atoms with van der Waals surface area (Å²) in [6.07, 6.45) is 1.08. The zero-order chi connectivity index (χ0) is 10.3. The predicted octanol–water partition coefficient (Wildman–Crippen LogP) is 2.06. The predicted molar refractivity (Wildman–Crippen MR) is 55.9 cm³/mol. The minimum atomic E-state index is 0.822. The van der Waals surface area contributed by atoms with E-state index in [4.69, 9.17) is 0 Å². The Hall–Kier alpha value is -1.06. The summed E-state index contributed by atoms with van der Waals surface area (Å²) in [5.41, 5.74) is 0. The van der Waals surface area contributed by atoms with Gasteiger partial charge in [-0.05, 0) is 13.3 Å². The van der Waals surface area contributed by atoms with Crippen LogP contribution in [0.3, 0.4) is 0 Å². The summed E-state index contributed by atoms with van der Waals surface area (Å²) in [5.74, 6) is 1.67. The van der Waals surface area contributed by atoms with Gasteiger partial charge in [0.15, 0.2) is 0 Å². The molecule has 1 heterocycles. The molecular weight excluding hydrogens is 164 g/mol. The summed E-state index contributed by atoms with van der Waals surface area (Å²) < 4.78 is 1.88. The highest BCUT2D eigenvalue weighted by atomic mass is 15.4. The number of nitrogens with one attached hydrogen (secondary N) is 1. The Morgan fingerprint density at radius 3 is 2.46 bits per heavy atom. The molecule has 13 heavy (non-hydrogen) atoms. The summed E-state index contributed by atoms with van der Waals surface area (Å²) in [4.78, 5) is 4.19. The molecule has 0 aromatic carbocycles. The molecule has 0 aliphatic heterocycles. The summed E-state index contributed by atoms with van der Waals surface area (Å²) >= 11 is 0. The molecule has 0 unspecified atom stereocenters. The van der Waals surface area contributed by atoms with Crippen molar-refractivity contribution in [3.63, 3.8) is 0 Å². The minimum absolute atomic E-state index is 0.822. The quantitative estimate of drug-likeness (QED) is 0.782. The van der Waals surface area contributed by atoms with Crippen molar-refractivity contribution in [2.45, 2.75) is 40.7 Å². The van der Waals surface area contributed by atoms with E-state index < -0.39 is 0 Å². The van der Waals surface area contributed by atoms with Crippen molar-refractivity contribution in [1.29, 1.82) is 0 Å². The van der Waals surface area contributed by atoms with Gasteiger partial charge in [0.25, 0.3) is 0 Å². The monoisotopic (exact) mass is 184 g/mol. The van der Waals surface area contributed by atoms with Gasteiger partial charge in [-0.3, -0.25) is 0 Å². The van der Waals surface area contributed by atoms with Gasteiger partial charge in [0.1, 0.15) is 5.82 Å². The molecular formula is C9H20N4. The van der Waals surface area contributed by atoms with Crippen molar-refractivity contribution >= 4 is 5.95 Å². The van der Waals surface area contributed by atoms with Crippen LogP contribution in [0.15, 0.2) is 0 Å². The van der Waals surface area contributed by atoms with Gasteiger partial charge >= 0.3 is 0 Å². The maximum atomic E-state index is 4.21. The van der Waals surface area contributed by atoms with Crippen LogP contribution >= 0.6 is 0 Å². The summed E-state index contributed by atoms with van der Waals surface area (Å²) in [7, 11) is 1.86. The average Bonchev–Trinajstić information content (AvgIpc) is 2.50. The normalized spacial score (nSPS) is 9.00. The topological polar surface area (TPSA) is 42.7 Å². The van der Waals surface area contributed by atoms with Crippen LogP contribution in [0.2, 0.25) is 0 Å². The molecule has 4 nitrogen and oxygen atoms in total. The molecule has 0 bridgehead atoms. The van der Waals surface area contributed by atoms with Crippen molar-refractivity contribution in [3.8, 4) is 0 Å². The fourth-order valence-electron chi connectivity index (χ4n) is 1.01. The highest BCUT2D eigenvalue weighted by Crippen LogP contribution is 2.03. The first-order valence-corrected chi connectivity index (χ1v) is 4.87. The number of rotatable bonds is 3. The molecule has 1 aromatic rings. The van der Waals surface area contributed by atoms with Crippen molar-refractivity contribution in [1.82, 2.24) is 14.8 Å². The largest absolute Gasteiger partial charge is 0.357 e. The Bertz CT molecular complexity index is 230. The number of anilines is 1. The fourth-order valence-corrected chi connectivity index (χ4v) is 1.01. The molecule has 1 rings (SSSR count). The zero-order valence-electron chi connectivity index (χ0n) is 9.26. The van der Waals surface area contributed by atoms with Crippen molar-refractivity contribution in [3.05, 3.63) is 5.82 Å². The van der Waals surface area contributed by atoms with E-state index >= 15 is 0 Å². The maximum absolute atomic E-state index is 4.21. The molecule has 0 saturated heterocycles. The first-order valence-electron chi connectivity index (χ1n) is 4.87. The molecule has 0 fully saturated rings. The van der Waals surface area contributed by atoms with E-state index in [1.165, 1.54) is 0 Å². The minimum Gasteiger partial charge on any atom is -0.357 e. The van der Waals surface area contributed by atoms with Crippen LogP contribution in [0, 0.1) is 6.92 Å². The molecule has 0 saturated carbocycles. The third kappa shape index (κ3) is 3.44. The Balaban J connectivity index is 0.000000671. The van der Waals surface area contributed by atoms with Crippen LogP contribution < -0.4 is 5.32 Å². The van der Waals surface area contributed by atoms with E-state index in [0.29, 0.717) is 0 Å². The number of hydrogen-bond acceptors (Lipinski definition) is 3.